The molecule has 0 aromatic heterocycles. The molecule has 2 aromatic rings. The first-order valence-corrected chi connectivity index (χ1v) is 6.84. The number of phenols is 2. The van der Waals surface area contributed by atoms with Gasteiger partial charge >= 0.3 is 0 Å². The predicted molar refractivity (Wildman–Crippen MR) is 83.4 cm³/mol. The van der Waals surface area contributed by atoms with Crippen molar-refractivity contribution in [1.82, 2.24) is 0 Å². The molecule has 2 nitrogen and oxygen atoms in total. The fraction of sp³-hybridized carbons (Fsp3) is 0.333. The second-order valence-electron chi connectivity index (χ2n) is 6.48. The van der Waals surface area contributed by atoms with Crippen LogP contribution in [0.1, 0.15) is 37.5 Å². The summed E-state index contributed by atoms with van der Waals surface area (Å²) in [7, 11) is 0. The Morgan fingerprint density at radius 2 is 1.40 bits per heavy atom. The monoisotopic (exact) mass is 270 g/mol. The summed E-state index contributed by atoms with van der Waals surface area (Å²) in [6.07, 6.45) is 0. The number of hydrogen-bond donors (Lipinski definition) is 2. The summed E-state index contributed by atoms with van der Waals surface area (Å²) in [5.74, 6) is 0.445. The van der Waals surface area contributed by atoms with Gasteiger partial charge in [0.15, 0.2) is 0 Å². The minimum absolute atomic E-state index is 0.149. The quantitative estimate of drug-likeness (QED) is 0.790. The van der Waals surface area contributed by atoms with Crippen LogP contribution < -0.4 is 0 Å². The summed E-state index contributed by atoms with van der Waals surface area (Å²) in [6, 6.07) is 9.35. The molecule has 0 radical (unpaired) electrons. The number of aryl methyl sites for hydroxylation is 2. The fourth-order valence-corrected chi connectivity index (χ4v) is 2.42. The summed E-state index contributed by atoms with van der Waals surface area (Å²) in [5.41, 5.74) is 4.24. The normalized spacial score (nSPS) is 11.7. The van der Waals surface area contributed by atoms with Crippen molar-refractivity contribution in [1.29, 1.82) is 0 Å². The molecule has 0 atom stereocenters. The number of benzene rings is 2. The zero-order valence-corrected chi connectivity index (χ0v) is 12.8. The fourth-order valence-electron chi connectivity index (χ4n) is 2.42. The highest BCUT2D eigenvalue weighted by Gasteiger charge is 2.22. The first-order chi connectivity index (χ1) is 9.20. The number of rotatable bonds is 1. The van der Waals surface area contributed by atoms with Crippen molar-refractivity contribution in [3.8, 4) is 22.6 Å². The number of aromatic hydroxyl groups is 2. The minimum atomic E-state index is -0.149. The third kappa shape index (κ3) is 2.64. The van der Waals surface area contributed by atoms with E-state index in [1.165, 1.54) is 0 Å². The Kier molecular flexibility index (Phi) is 3.51. The van der Waals surface area contributed by atoms with Crippen LogP contribution in [0.2, 0.25) is 0 Å². The van der Waals surface area contributed by atoms with Crippen molar-refractivity contribution in [2.45, 2.75) is 40.0 Å². The highest BCUT2D eigenvalue weighted by atomic mass is 16.3. The Morgan fingerprint density at radius 1 is 0.800 bits per heavy atom. The molecule has 0 amide bonds. The van der Waals surface area contributed by atoms with E-state index in [0.29, 0.717) is 11.1 Å². The first kappa shape index (κ1) is 14.4. The van der Waals surface area contributed by atoms with E-state index < -0.39 is 0 Å². The molecule has 0 spiro atoms. The van der Waals surface area contributed by atoms with Gasteiger partial charge in [0.1, 0.15) is 11.5 Å². The van der Waals surface area contributed by atoms with Crippen LogP contribution in [-0.4, -0.2) is 10.2 Å². The molecule has 0 saturated heterocycles. The maximum atomic E-state index is 10.6. The van der Waals surface area contributed by atoms with Gasteiger partial charge in [-0.05, 0) is 43.0 Å². The molecule has 0 aliphatic carbocycles. The Hall–Kier alpha value is -1.96. The van der Waals surface area contributed by atoms with E-state index in [1.54, 1.807) is 6.07 Å². The lowest BCUT2D eigenvalue weighted by Crippen LogP contribution is -2.12. The number of hydrogen-bond acceptors (Lipinski definition) is 2. The van der Waals surface area contributed by atoms with Crippen LogP contribution in [0.5, 0.6) is 11.5 Å². The molecule has 2 rings (SSSR count). The highest BCUT2D eigenvalue weighted by Crippen LogP contribution is 2.42. The molecule has 0 fully saturated rings. The van der Waals surface area contributed by atoms with Gasteiger partial charge in [-0.15, -0.1) is 0 Å². The van der Waals surface area contributed by atoms with E-state index in [0.717, 1.165) is 16.7 Å². The van der Waals surface area contributed by atoms with Gasteiger partial charge in [-0.25, -0.2) is 0 Å². The van der Waals surface area contributed by atoms with Crippen molar-refractivity contribution in [2.75, 3.05) is 0 Å². The highest BCUT2D eigenvalue weighted by molar-refractivity contribution is 5.78. The van der Waals surface area contributed by atoms with Gasteiger partial charge in [-0.3, -0.25) is 0 Å². The Balaban J connectivity index is 2.75. The zero-order valence-electron chi connectivity index (χ0n) is 12.8. The third-order valence-electron chi connectivity index (χ3n) is 3.50. The Morgan fingerprint density at radius 3 is 2.00 bits per heavy atom. The van der Waals surface area contributed by atoms with Crippen LogP contribution in [0.4, 0.5) is 0 Å². The molecule has 2 aromatic carbocycles. The smallest absolute Gasteiger partial charge is 0.127 e. The largest absolute Gasteiger partial charge is 0.507 e. The first-order valence-electron chi connectivity index (χ1n) is 6.84. The lowest BCUT2D eigenvalue weighted by atomic mass is 9.83. The van der Waals surface area contributed by atoms with Gasteiger partial charge < -0.3 is 10.2 Å². The molecule has 0 unspecified atom stereocenters. The minimum Gasteiger partial charge on any atom is -0.507 e. The van der Waals surface area contributed by atoms with Crippen LogP contribution in [-0.2, 0) is 5.41 Å². The van der Waals surface area contributed by atoms with Crippen molar-refractivity contribution in [2.24, 2.45) is 0 Å². The van der Waals surface area contributed by atoms with Gasteiger partial charge in [0.25, 0.3) is 0 Å². The molecule has 0 bridgehead atoms. The standard InChI is InChI=1S/C18H22O2/c1-11-6-7-16(19)13(8-11)14-9-12(2)10-15(17(14)20)18(3,4)5/h6-10,19-20H,1-5H3. The molecular weight excluding hydrogens is 248 g/mol. The molecule has 2 heteroatoms. The van der Waals surface area contributed by atoms with Gasteiger partial charge in [0, 0.05) is 16.7 Å². The van der Waals surface area contributed by atoms with Crippen LogP contribution in [0.3, 0.4) is 0 Å². The van der Waals surface area contributed by atoms with Crippen LogP contribution >= 0.6 is 0 Å². The van der Waals surface area contributed by atoms with E-state index in [1.807, 2.05) is 38.1 Å². The Bertz CT molecular complexity index is 649. The SMILES string of the molecule is Cc1ccc(O)c(-c2cc(C)cc(C(C)(C)C)c2O)c1. The summed E-state index contributed by atoms with van der Waals surface area (Å²) in [6.45, 7) is 10.2. The van der Waals surface area contributed by atoms with E-state index in [4.69, 9.17) is 0 Å². The van der Waals surface area contributed by atoms with E-state index in [2.05, 4.69) is 20.8 Å². The van der Waals surface area contributed by atoms with Crippen LogP contribution in [0, 0.1) is 13.8 Å². The molecule has 106 valence electrons. The van der Waals surface area contributed by atoms with Gasteiger partial charge in [0.2, 0.25) is 0 Å². The van der Waals surface area contributed by atoms with Crippen molar-refractivity contribution in [3.05, 3.63) is 47.0 Å². The van der Waals surface area contributed by atoms with Crippen molar-refractivity contribution >= 4 is 0 Å². The molecule has 0 aliphatic heterocycles. The van der Waals surface area contributed by atoms with Crippen LogP contribution in [0.15, 0.2) is 30.3 Å². The van der Waals surface area contributed by atoms with Gasteiger partial charge in [-0.1, -0.05) is 38.5 Å². The maximum absolute atomic E-state index is 10.6. The summed E-state index contributed by atoms with van der Waals surface area (Å²) in [4.78, 5) is 0. The summed E-state index contributed by atoms with van der Waals surface area (Å²) in [5, 5.41) is 20.7. The van der Waals surface area contributed by atoms with Gasteiger partial charge in [0.05, 0.1) is 0 Å². The summed E-state index contributed by atoms with van der Waals surface area (Å²) < 4.78 is 0. The Labute approximate surface area is 120 Å². The second kappa shape index (κ2) is 4.86. The molecule has 0 heterocycles. The van der Waals surface area contributed by atoms with E-state index in [9.17, 15) is 10.2 Å². The number of phenolic OH excluding ortho intramolecular Hbond substituents is 2. The second-order valence-corrected chi connectivity index (χ2v) is 6.48. The van der Waals surface area contributed by atoms with Crippen molar-refractivity contribution < 1.29 is 10.2 Å². The predicted octanol–water partition coefficient (Wildman–Crippen LogP) is 4.68. The molecule has 20 heavy (non-hydrogen) atoms. The lowest BCUT2D eigenvalue weighted by Gasteiger charge is -2.23. The maximum Gasteiger partial charge on any atom is 0.127 e. The molecular formula is C18H22O2. The van der Waals surface area contributed by atoms with Crippen molar-refractivity contribution in [3.63, 3.8) is 0 Å². The third-order valence-corrected chi connectivity index (χ3v) is 3.50. The molecule has 0 aliphatic rings. The summed E-state index contributed by atoms with van der Waals surface area (Å²) >= 11 is 0. The zero-order chi connectivity index (χ0) is 15.1. The van der Waals surface area contributed by atoms with Crippen LogP contribution in [0.25, 0.3) is 11.1 Å². The van der Waals surface area contributed by atoms with E-state index >= 15 is 0 Å². The average molecular weight is 270 g/mol. The van der Waals surface area contributed by atoms with Gasteiger partial charge in [-0.2, -0.15) is 0 Å². The van der Waals surface area contributed by atoms with E-state index in [-0.39, 0.29) is 16.9 Å². The molecule has 2 N–H and O–H groups in total. The lowest BCUT2D eigenvalue weighted by molar-refractivity contribution is 0.446. The molecule has 0 saturated carbocycles. The average Bonchev–Trinajstić information content (AvgIpc) is 2.33. The topological polar surface area (TPSA) is 40.5 Å².